The van der Waals surface area contributed by atoms with Crippen LogP contribution >= 0.6 is 11.8 Å². The Morgan fingerprint density at radius 1 is 1.46 bits per heavy atom. The summed E-state index contributed by atoms with van der Waals surface area (Å²) in [5.74, 6) is 1.09. The number of nitrogens with two attached hydrogens (primary N) is 1. The van der Waals surface area contributed by atoms with Crippen LogP contribution in [0.5, 0.6) is 0 Å². The molecule has 0 saturated carbocycles. The molecule has 2 nitrogen and oxygen atoms in total. The Labute approximate surface area is 81.5 Å². The third-order valence-corrected chi connectivity index (χ3v) is 3.29. The van der Waals surface area contributed by atoms with Crippen LogP contribution in [0.1, 0.15) is 22.3 Å². The van der Waals surface area contributed by atoms with Gasteiger partial charge in [-0.25, -0.2) is 0 Å². The lowest BCUT2D eigenvalue weighted by molar-refractivity contribution is 0.0985. The second-order valence-corrected chi connectivity index (χ2v) is 4.36. The van der Waals surface area contributed by atoms with Gasteiger partial charge in [0.1, 0.15) is 0 Å². The van der Waals surface area contributed by atoms with E-state index in [0.717, 1.165) is 27.5 Å². The van der Waals surface area contributed by atoms with Crippen LogP contribution in [0.25, 0.3) is 0 Å². The summed E-state index contributed by atoms with van der Waals surface area (Å²) in [6.07, 6.45) is 0.639. The first-order valence-electron chi connectivity index (χ1n) is 4.24. The molecule has 0 bridgehead atoms. The number of Topliss-reactive ketones (excluding diaryl/α,β-unsaturated/α-hetero) is 1. The van der Waals surface area contributed by atoms with E-state index in [4.69, 9.17) is 5.73 Å². The maximum absolute atomic E-state index is 11.5. The standard InChI is InChI=1S/C10H11NOS/c1-6-4-7-9(12)2-3-13-10(7)8(11)5-6/h4-5H,2-3,11H2,1H3. The van der Waals surface area contributed by atoms with Gasteiger partial charge >= 0.3 is 0 Å². The van der Waals surface area contributed by atoms with Crippen molar-refractivity contribution in [3.05, 3.63) is 23.3 Å². The molecule has 0 unspecified atom stereocenters. The number of hydrogen-bond acceptors (Lipinski definition) is 3. The summed E-state index contributed by atoms with van der Waals surface area (Å²) >= 11 is 1.68. The van der Waals surface area contributed by atoms with Crippen molar-refractivity contribution < 1.29 is 4.79 Å². The zero-order chi connectivity index (χ0) is 9.42. The average Bonchev–Trinajstić information content (AvgIpc) is 2.07. The fourth-order valence-corrected chi connectivity index (χ4v) is 2.60. The predicted octanol–water partition coefficient (Wildman–Crippen LogP) is 2.26. The molecule has 0 fully saturated rings. The zero-order valence-corrected chi connectivity index (χ0v) is 8.28. The Hall–Kier alpha value is -0.960. The van der Waals surface area contributed by atoms with Crippen molar-refractivity contribution >= 4 is 23.2 Å². The number of nitrogen functional groups attached to an aromatic ring is 1. The van der Waals surface area contributed by atoms with E-state index in [-0.39, 0.29) is 5.78 Å². The third-order valence-electron chi connectivity index (χ3n) is 2.14. The largest absolute Gasteiger partial charge is 0.398 e. The molecule has 1 heterocycles. The molecule has 2 rings (SSSR count). The number of ketones is 1. The molecule has 1 aliphatic heterocycles. The first kappa shape index (κ1) is 8.63. The molecule has 2 N–H and O–H groups in total. The number of thioether (sulfide) groups is 1. The smallest absolute Gasteiger partial charge is 0.164 e. The average molecular weight is 193 g/mol. The Kier molecular flexibility index (Phi) is 2.04. The first-order valence-corrected chi connectivity index (χ1v) is 5.23. The SMILES string of the molecule is Cc1cc(N)c2c(c1)C(=O)CCS2. The summed E-state index contributed by atoms with van der Waals surface area (Å²) in [7, 11) is 0. The lowest BCUT2D eigenvalue weighted by Crippen LogP contribution is -2.10. The van der Waals surface area contributed by atoms with Gasteiger partial charge in [-0.2, -0.15) is 0 Å². The Morgan fingerprint density at radius 2 is 2.23 bits per heavy atom. The van der Waals surface area contributed by atoms with Gasteiger partial charge in [0, 0.05) is 28.3 Å². The molecular formula is C10H11NOS. The molecule has 68 valence electrons. The van der Waals surface area contributed by atoms with Gasteiger partial charge in [0.25, 0.3) is 0 Å². The first-order chi connectivity index (χ1) is 6.18. The van der Waals surface area contributed by atoms with Crippen molar-refractivity contribution in [2.75, 3.05) is 11.5 Å². The van der Waals surface area contributed by atoms with Gasteiger partial charge in [0.2, 0.25) is 0 Å². The molecule has 0 atom stereocenters. The molecule has 1 aliphatic rings. The summed E-state index contributed by atoms with van der Waals surface area (Å²) < 4.78 is 0. The van der Waals surface area contributed by atoms with Gasteiger partial charge in [-0.3, -0.25) is 4.79 Å². The van der Waals surface area contributed by atoms with Crippen molar-refractivity contribution in [1.82, 2.24) is 0 Å². The number of carbonyl (C=O) groups excluding carboxylic acids is 1. The van der Waals surface area contributed by atoms with E-state index in [1.54, 1.807) is 11.8 Å². The van der Waals surface area contributed by atoms with Crippen LogP contribution < -0.4 is 5.73 Å². The molecule has 3 heteroatoms. The molecule has 0 radical (unpaired) electrons. The van der Waals surface area contributed by atoms with Crippen molar-refractivity contribution in [2.24, 2.45) is 0 Å². The number of anilines is 1. The molecule has 0 aliphatic carbocycles. The van der Waals surface area contributed by atoms with Crippen LogP contribution in [0.2, 0.25) is 0 Å². The molecule has 0 amide bonds. The van der Waals surface area contributed by atoms with Gasteiger partial charge in [-0.15, -0.1) is 11.8 Å². The van der Waals surface area contributed by atoms with E-state index >= 15 is 0 Å². The fourth-order valence-electron chi connectivity index (χ4n) is 1.55. The molecular weight excluding hydrogens is 182 g/mol. The summed E-state index contributed by atoms with van der Waals surface area (Å²) in [5.41, 5.74) is 8.45. The minimum atomic E-state index is 0.226. The van der Waals surface area contributed by atoms with E-state index in [2.05, 4.69) is 0 Å². The molecule has 0 saturated heterocycles. The van der Waals surface area contributed by atoms with Crippen molar-refractivity contribution in [3.8, 4) is 0 Å². The minimum Gasteiger partial charge on any atom is -0.398 e. The summed E-state index contributed by atoms with van der Waals surface area (Å²) in [6, 6.07) is 3.85. The normalized spacial score (nSPS) is 15.6. The van der Waals surface area contributed by atoms with Crippen molar-refractivity contribution in [3.63, 3.8) is 0 Å². The molecule has 1 aromatic rings. The molecule has 13 heavy (non-hydrogen) atoms. The maximum atomic E-state index is 11.5. The highest BCUT2D eigenvalue weighted by Crippen LogP contribution is 2.35. The number of carbonyl (C=O) groups is 1. The Balaban J connectivity index is 2.63. The van der Waals surface area contributed by atoms with Crippen LogP contribution in [0.3, 0.4) is 0 Å². The Bertz CT molecular complexity index is 373. The highest BCUT2D eigenvalue weighted by Gasteiger charge is 2.19. The van der Waals surface area contributed by atoms with Crippen molar-refractivity contribution in [2.45, 2.75) is 18.2 Å². The third kappa shape index (κ3) is 1.44. The zero-order valence-electron chi connectivity index (χ0n) is 7.46. The summed E-state index contributed by atoms with van der Waals surface area (Å²) in [6.45, 7) is 1.96. The Morgan fingerprint density at radius 3 is 3.00 bits per heavy atom. The fraction of sp³-hybridized carbons (Fsp3) is 0.300. The van der Waals surface area contributed by atoms with E-state index in [1.165, 1.54) is 0 Å². The van der Waals surface area contributed by atoms with Gasteiger partial charge in [-0.1, -0.05) is 0 Å². The molecule has 0 spiro atoms. The highest BCUT2D eigenvalue weighted by molar-refractivity contribution is 7.99. The maximum Gasteiger partial charge on any atom is 0.164 e. The quantitative estimate of drug-likeness (QED) is 0.643. The highest BCUT2D eigenvalue weighted by atomic mass is 32.2. The van der Waals surface area contributed by atoms with Crippen molar-refractivity contribution in [1.29, 1.82) is 0 Å². The van der Waals surface area contributed by atoms with Gasteiger partial charge in [-0.05, 0) is 24.6 Å². The van der Waals surface area contributed by atoms with E-state index in [9.17, 15) is 4.79 Å². The number of benzene rings is 1. The second kappa shape index (κ2) is 3.07. The van der Waals surface area contributed by atoms with Gasteiger partial charge in [0.15, 0.2) is 5.78 Å². The van der Waals surface area contributed by atoms with Gasteiger partial charge < -0.3 is 5.73 Å². The topological polar surface area (TPSA) is 43.1 Å². The molecule has 1 aromatic carbocycles. The lowest BCUT2D eigenvalue weighted by Gasteiger charge is -2.16. The number of rotatable bonds is 0. The van der Waals surface area contributed by atoms with Crippen LogP contribution in [-0.4, -0.2) is 11.5 Å². The van der Waals surface area contributed by atoms with Crippen LogP contribution in [0.15, 0.2) is 17.0 Å². The molecule has 0 aromatic heterocycles. The second-order valence-electron chi connectivity index (χ2n) is 3.25. The summed E-state index contributed by atoms with van der Waals surface area (Å²) in [4.78, 5) is 12.5. The van der Waals surface area contributed by atoms with Crippen LogP contribution in [0.4, 0.5) is 5.69 Å². The summed E-state index contributed by atoms with van der Waals surface area (Å²) in [5, 5.41) is 0. The number of hydrogen-bond donors (Lipinski definition) is 1. The monoisotopic (exact) mass is 193 g/mol. The van der Waals surface area contributed by atoms with Gasteiger partial charge in [0.05, 0.1) is 0 Å². The van der Waals surface area contributed by atoms with E-state index in [0.29, 0.717) is 6.42 Å². The van der Waals surface area contributed by atoms with Crippen LogP contribution in [-0.2, 0) is 0 Å². The lowest BCUT2D eigenvalue weighted by atomic mass is 10.0. The van der Waals surface area contributed by atoms with E-state index in [1.807, 2.05) is 19.1 Å². The number of aryl methyl sites for hydroxylation is 1. The minimum absolute atomic E-state index is 0.226. The van der Waals surface area contributed by atoms with E-state index < -0.39 is 0 Å². The predicted molar refractivity (Wildman–Crippen MR) is 55.3 cm³/mol. The van der Waals surface area contributed by atoms with Crippen LogP contribution in [0, 0.1) is 6.92 Å². The number of fused-ring (bicyclic) bond motifs is 1.